The predicted octanol–water partition coefficient (Wildman–Crippen LogP) is 1.13. The Kier molecular flexibility index (Phi) is 2.63. The van der Waals surface area contributed by atoms with Crippen LogP contribution in [0.3, 0.4) is 0 Å². The number of pyridine rings is 1. The van der Waals surface area contributed by atoms with Crippen molar-refractivity contribution in [2.75, 3.05) is 11.9 Å². The fraction of sp³-hybridized carbons (Fsp3) is 0.462. The lowest BCUT2D eigenvalue weighted by Gasteiger charge is -2.16. The average molecular weight is 242 g/mol. The lowest BCUT2D eigenvalue weighted by Crippen LogP contribution is -2.29. The highest BCUT2D eigenvalue weighted by Gasteiger charge is 2.39. The van der Waals surface area contributed by atoms with E-state index in [1.165, 1.54) is 0 Å². The van der Waals surface area contributed by atoms with Crippen LogP contribution >= 0.6 is 0 Å². The summed E-state index contributed by atoms with van der Waals surface area (Å²) in [7, 11) is 0. The monoisotopic (exact) mass is 242 g/mol. The van der Waals surface area contributed by atoms with Gasteiger partial charge in [0.1, 0.15) is 11.8 Å². The molecule has 1 aromatic rings. The van der Waals surface area contributed by atoms with Crippen LogP contribution in [-0.2, 0) is 4.79 Å². The number of amides is 1. The zero-order chi connectivity index (χ0) is 12.5. The van der Waals surface area contributed by atoms with Gasteiger partial charge in [-0.05, 0) is 25.0 Å². The molecule has 3 rings (SSSR count). The molecule has 5 nitrogen and oxygen atoms in total. The first-order valence-corrected chi connectivity index (χ1v) is 6.18. The average Bonchev–Trinajstić information content (AvgIpc) is 3.15. The van der Waals surface area contributed by atoms with Gasteiger partial charge >= 0.3 is 0 Å². The molecule has 1 N–H and O–H groups in total. The largest absolute Gasteiger partial charge is 0.379 e. The van der Waals surface area contributed by atoms with Crippen molar-refractivity contribution >= 4 is 11.6 Å². The van der Waals surface area contributed by atoms with Crippen LogP contribution in [-0.4, -0.2) is 34.4 Å². The van der Waals surface area contributed by atoms with Gasteiger partial charge in [0.25, 0.3) is 0 Å². The van der Waals surface area contributed by atoms with E-state index in [0.717, 1.165) is 25.1 Å². The quantitative estimate of drug-likeness (QED) is 0.862. The number of nitrogens with zero attached hydrogens (tertiary/aromatic N) is 3. The van der Waals surface area contributed by atoms with Gasteiger partial charge in [0, 0.05) is 19.0 Å². The lowest BCUT2D eigenvalue weighted by atomic mass is 10.2. The molecule has 1 aliphatic carbocycles. The maximum atomic E-state index is 11.8. The minimum absolute atomic E-state index is 0.160. The fourth-order valence-corrected chi connectivity index (χ4v) is 2.35. The second-order valence-corrected chi connectivity index (χ2v) is 4.87. The summed E-state index contributed by atoms with van der Waals surface area (Å²) in [6.07, 6.45) is 4.49. The molecular weight excluding hydrogens is 228 g/mol. The minimum atomic E-state index is 0.160. The zero-order valence-corrected chi connectivity index (χ0v) is 9.97. The molecule has 1 saturated heterocycles. The van der Waals surface area contributed by atoms with Gasteiger partial charge in [-0.3, -0.25) is 4.79 Å². The van der Waals surface area contributed by atoms with Gasteiger partial charge in [-0.2, -0.15) is 5.26 Å². The lowest BCUT2D eigenvalue weighted by molar-refractivity contribution is -0.128. The Morgan fingerprint density at radius 1 is 1.44 bits per heavy atom. The molecule has 1 atom stereocenters. The third-order valence-corrected chi connectivity index (χ3v) is 3.39. The van der Waals surface area contributed by atoms with E-state index in [4.69, 9.17) is 5.26 Å². The highest BCUT2D eigenvalue weighted by atomic mass is 16.2. The molecule has 1 saturated carbocycles. The van der Waals surface area contributed by atoms with Crippen molar-refractivity contribution in [2.45, 2.75) is 31.3 Å². The molecule has 0 aromatic carbocycles. The van der Waals surface area contributed by atoms with E-state index < -0.39 is 0 Å². The summed E-state index contributed by atoms with van der Waals surface area (Å²) < 4.78 is 0. The summed E-state index contributed by atoms with van der Waals surface area (Å²) in [5, 5.41) is 12.0. The second-order valence-electron chi connectivity index (χ2n) is 4.87. The first-order valence-electron chi connectivity index (χ1n) is 6.18. The number of carbonyl (C=O) groups is 1. The summed E-state index contributed by atoms with van der Waals surface area (Å²) in [6, 6.07) is 6.14. The van der Waals surface area contributed by atoms with Crippen LogP contribution in [0.5, 0.6) is 0 Å². The molecule has 1 amide bonds. The van der Waals surface area contributed by atoms with Crippen LogP contribution in [0.2, 0.25) is 0 Å². The Morgan fingerprint density at radius 2 is 2.28 bits per heavy atom. The molecule has 2 fully saturated rings. The number of hydrogen-bond donors (Lipinski definition) is 1. The molecule has 5 heteroatoms. The van der Waals surface area contributed by atoms with Crippen molar-refractivity contribution in [2.24, 2.45) is 0 Å². The molecule has 0 radical (unpaired) electrons. The van der Waals surface area contributed by atoms with Crippen molar-refractivity contribution < 1.29 is 4.79 Å². The van der Waals surface area contributed by atoms with Gasteiger partial charge in [-0.25, -0.2) is 4.98 Å². The number of nitrogens with one attached hydrogen (secondary N) is 1. The molecule has 0 bridgehead atoms. The smallest absolute Gasteiger partial charge is 0.225 e. The summed E-state index contributed by atoms with van der Waals surface area (Å²) in [4.78, 5) is 17.8. The van der Waals surface area contributed by atoms with Crippen LogP contribution in [0.15, 0.2) is 18.3 Å². The van der Waals surface area contributed by atoms with Crippen LogP contribution in [0.1, 0.15) is 25.0 Å². The van der Waals surface area contributed by atoms with Gasteiger partial charge in [-0.1, -0.05) is 0 Å². The zero-order valence-electron chi connectivity index (χ0n) is 9.97. The Balaban J connectivity index is 1.63. The van der Waals surface area contributed by atoms with Crippen molar-refractivity contribution in [3.8, 4) is 6.07 Å². The minimum Gasteiger partial charge on any atom is -0.379 e. The van der Waals surface area contributed by atoms with Crippen LogP contribution < -0.4 is 5.32 Å². The number of nitriles is 1. The van der Waals surface area contributed by atoms with E-state index in [1.807, 2.05) is 17.0 Å². The van der Waals surface area contributed by atoms with Crippen molar-refractivity contribution in [1.82, 2.24) is 9.88 Å². The maximum Gasteiger partial charge on any atom is 0.225 e. The topological polar surface area (TPSA) is 69.0 Å². The number of aromatic nitrogens is 1. The SMILES string of the molecule is N#Cc1ccc(NC2CC(=O)N(C3CC3)C2)cn1. The maximum absolute atomic E-state index is 11.8. The van der Waals surface area contributed by atoms with Gasteiger partial charge in [0.05, 0.1) is 17.9 Å². The second kappa shape index (κ2) is 4.30. The molecule has 1 aromatic heterocycles. The van der Waals surface area contributed by atoms with Gasteiger partial charge < -0.3 is 10.2 Å². The molecule has 1 aliphatic heterocycles. The summed E-state index contributed by atoms with van der Waals surface area (Å²) >= 11 is 0. The molecule has 18 heavy (non-hydrogen) atoms. The van der Waals surface area contributed by atoms with Crippen molar-refractivity contribution in [1.29, 1.82) is 5.26 Å². The highest BCUT2D eigenvalue weighted by Crippen LogP contribution is 2.31. The van der Waals surface area contributed by atoms with E-state index in [0.29, 0.717) is 18.2 Å². The fourth-order valence-electron chi connectivity index (χ4n) is 2.35. The van der Waals surface area contributed by atoms with E-state index in [-0.39, 0.29) is 11.9 Å². The summed E-state index contributed by atoms with van der Waals surface area (Å²) in [6.45, 7) is 0.781. The van der Waals surface area contributed by atoms with Gasteiger partial charge in [-0.15, -0.1) is 0 Å². The van der Waals surface area contributed by atoms with E-state index in [9.17, 15) is 4.79 Å². The van der Waals surface area contributed by atoms with Crippen LogP contribution in [0, 0.1) is 11.3 Å². The predicted molar refractivity (Wildman–Crippen MR) is 65.7 cm³/mol. The molecule has 2 aliphatic rings. The van der Waals surface area contributed by atoms with Crippen molar-refractivity contribution in [3.63, 3.8) is 0 Å². The first-order chi connectivity index (χ1) is 8.76. The number of rotatable bonds is 3. The van der Waals surface area contributed by atoms with E-state index in [2.05, 4.69) is 10.3 Å². The standard InChI is InChI=1S/C13H14N4O/c14-6-9-1-2-10(7-15-9)16-11-5-13(18)17(8-11)12-3-4-12/h1-2,7,11-12,16H,3-5,8H2. The number of anilines is 1. The van der Waals surface area contributed by atoms with Gasteiger partial charge in [0.2, 0.25) is 5.91 Å². The Hall–Kier alpha value is -2.09. The third kappa shape index (κ3) is 2.14. The Bertz CT molecular complexity index is 501. The number of hydrogen-bond acceptors (Lipinski definition) is 4. The van der Waals surface area contributed by atoms with Crippen molar-refractivity contribution in [3.05, 3.63) is 24.0 Å². The molecule has 92 valence electrons. The highest BCUT2D eigenvalue weighted by molar-refractivity contribution is 5.80. The Labute approximate surface area is 105 Å². The molecule has 2 heterocycles. The molecule has 0 spiro atoms. The van der Waals surface area contributed by atoms with E-state index >= 15 is 0 Å². The first kappa shape index (κ1) is 11.0. The molecular formula is C13H14N4O. The number of carbonyl (C=O) groups excluding carboxylic acids is 1. The Morgan fingerprint density at radius 3 is 2.89 bits per heavy atom. The normalized spacial score (nSPS) is 22.9. The third-order valence-electron chi connectivity index (χ3n) is 3.39. The van der Waals surface area contributed by atoms with Crippen LogP contribution in [0.25, 0.3) is 0 Å². The van der Waals surface area contributed by atoms with Gasteiger partial charge in [0.15, 0.2) is 0 Å². The summed E-state index contributed by atoms with van der Waals surface area (Å²) in [5.41, 5.74) is 1.27. The summed E-state index contributed by atoms with van der Waals surface area (Å²) in [5.74, 6) is 0.247. The van der Waals surface area contributed by atoms with Crippen LogP contribution in [0.4, 0.5) is 5.69 Å². The number of likely N-dealkylation sites (tertiary alicyclic amines) is 1. The molecule has 1 unspecified atom stereocenters. The van der Waals surface area contributed by atoms with E-state index in [1.54, 1.807) is 12.3 Å².